The van der Waals surface area contributed by atoms with E-state index in [0.717, 1.165) is 61.4 Å². The number of fused-ring (bicyclic) bond motifs is 4. The van der Waals surface area contributed by atoms with E-state index in [1.807, 2.05) is 24.4 Å². The molecular weight excluding hydrogens is 1160 g/mol. The van der Waals surface area contributed by atoms with Crippen molar-refractivity contribution in [1.29, 1.82) is 0 Å². The smallest absolute Gasteiger partial charge is 0.148 e. The van der Waals surface area contributed by atoms with Crippen molar-refractivity contribution in [3.05, 3.63) is 210 Å². The molecule has 3 aromatic heterocycles. The Morgan fingerprint density at radius 1 is 0.388 bits per heavy atom. The fraction of sp³-hybridized carbons (Fsp3) is 0.270. The molecule has 0 radical (unpaired) electrons. The van der Waals surface area contributed by atoms with E-state index in [1.54, 1.807) is 6.07 Å². The monoisotopic (exact) mass is 1230 g/mol. The molecule has 0 saturated carbocycles. The molecule has 0 amide bonds. The van der Waals surface area contributed by atoms with Gasteiger partial charge in [0.05, 0.1) is 27.6 Å². The second-order valence-electron chi connectivity index (χ2n) is 27.0. The van der Waals surface area contributed by atoms with Crippen molar-refractivity contribution in [3.63, 3.8) is 0 Å². The summed E-state index contributed by atoms with van der Waals surface area (Å²) >= 11 is 0. The van der Waals surface area contributed by atoms with Gasteiger partial charge in [0, 0.05) is 55.1 Å². The topological polar surface area (TPSA) is 55.9 Å². The minimum Gasteiger partial charge on any atom is -0.507 e. The van der Waals surface area contributed by atoms with Crippen LogP contribution in [-0.2, 0) is 48.1 Å². The van der Waals surface area contributed by atoms with Crippen LogP contribution in [0.15, 0.2) is 176 Å². The summed E-state index contributed by atoms with van der Waals surface area (Å²) in [7, 11) is 0. The number of benzene rings is 8. The van der Waals surface area contributed by atoms with Crippen LogP contribution in [0.5, 0.6) is 5.75 Å². The van der Waals surface area contributed by atoms with Gasteiger partial charge in [-0.05, 0) is 132 Å². The molecule has 6 heteroatoms. The molecule has 11 aromatic rings. The van der Waals surface area contributed by atoms with Gasteiger partial charge in [0.1, 0.15) is 11.6 Å². The summed E-state index contributed by atoms with van der Waals surface area (Å²) in [4.78, 5) is 10.6. The minimum atomic E-state index is -0.193. The summed E-state index contributed by atoms with van der Waals surface area (Å²) in [6.45, 7) is 34.2. The van der Waals surface area contributed by atoms with Gasteiger partial charge in [-0.2, -0.15) is 0 Å². The van der Waals surface area contributed by atoms with Crippen LogP contribution in [-0.4, -0.2) is 24.2 Å². The Balaban J connectivity index is 0.00000720. The number of aromatic hydroxyl groups is 1. The van der Waals surface area contributed by atoms with Crippen LogP contribution in [0.4, 0.5) is 0 Å². The van der Waals surface area contributed by atoms with Crippen LogP contribution in [0.1, 0.15) is 132 Å². The number of aromatic nitrogens is 4. The van der Waals surface area contributed by atoms with Crippen molar-refractivity contribution in [2.75, 3.05) is 0 Å². The third kappa shape index (κ3) is 10.6. The number of pyridine rings is 1. The molecule has 1 N–H and O–H groups in total. The Bertz CT molecular complexity index is 4110. The first-order valence-electron chi connectivity index (χ1n) is 28.0. The van der Waals surface area contributed by atoms with E-state index >= 15 is 0 Å². The van der Waals surface area contributed by atoms with Crippen molar-refractivity contribution in [3.8, 4) is 73.2 Å². The first kappa shape index (κ1) is 56.0. The number of phenolic OH excluding ortho intramolecular Hbond substituents is 1. The summed E-state index contributed by atoms with van der Waals surface area (Å²) in [5.74, 6) is 0.859. The van der Waals surface area contributed by atoms with E-state index in [2.05, 4.69) is 265 Å². The van der Waals surface area contributed by atoms with Gasteiger partial charge < -0.3 is 9.67 Å². The Labute approximate surface area is 489 Å². The molecule has 3 heterocycles. The second kappa shape index (κ2) is 20.3. The zero-order valence-corrected chi connectivity index (χ0v) is 51.6. The van der Waals surface area contributed by atoms with E-state index in [1.165, 1.54) is 55.2 Å². The molecule has 0 aliphatic carbocycles. The maximum Gasteiger partial charge on any atom is 0.148 e. The third-order valence-corrected chi connectivity index (χ3v) is 15.9. The van der Waals surface area contributed by atoms with Crippen molar-refractivity contribution < 1.29 is 26.2 Å². The van der Waals surface area contributed by atoms with Crippen LogP contribution < -0.4 is 0 Å². The first-order chi connectivity index (χ1) is 37.2. The van der Waals surface area contributed by atoms with Crippen molar-refractivity contribution >= 4 is 32.8 Å². The average molecular weight is 1230 g/mol. The molecule has 0 aliphatic heterocycles. The molecule has 0 spiro atoms. The fourth-order valence-corrected chi connectivity index (χ4v) is 11.0. The molecule has 408 valence electrons. The molecule has 8 aromatic carbocycles. The summed E-state index contributed by atoms with van der Waals surface area (Å²) in [5, 5.41) is 13.9. The minimum absolute atomic E-state index is 0. The number of hydrogen-bond acceptors (Lipinski definition) is 3. The molecule has 11 rings (SSSR count). The standard InChI is InChI=1S/C74H75N4O.Pt/c1-70(2,3)52-37-50(59-26-21-28-65-68(59)76-69(62-25-17-19-29-67(62)79)78(65)58-44-55(73(10,11)12)43-56(45-58)74(13,14)15)34-51(38-52)63-40-48(32-33-75-63)47-30-31-61-60-24-16-18-27-64(60)77(66(61)41-47)57-23-20-22-46(39-57)49-35-53(71(4,5)6)42-54(36-49)72(7,8)9;/h16-33,35-45,79H,1-15H3;/q-1;. The number of para-hydroxylation sites is 3. The van der Waals surface area contributed by atoms with Gasteiger partial charge in [0.2, 0.25) is 0 Å². The molecule has 0 fully saturated rings. The predicted molar refractivity (Wildman–Crippen MR) is 334 cm³/mol. The first-order valence-corrected chi connectivity index (χ1v) is 28.0. The molecule has 0 bridgehead atoms. The fourth-order valence-electron chi connectivity index (χ4n) is 11.0. The average Bonchev–Trinajstić information content (AvgIpc) is 4.09. The Morgan fingerprint density at radius 3 is 1.56 bits per heavy atom. The molecule has 80 heavy (non-hydrogen) atoms. The zero-order valence-electron chi connectivity index (χ0n) is 49.3. The van der Waals surface area contributed by atoms with Crippen molar-refractivity contribution in [1.82, 2.24) is 19.1 Å². The maximum atomic E-state index is 11.5. The summed E-state index contributed by atoms with van der Waals surface area (Å²) in [5.41, 5.74) is 21.1. The van der Waals surface area contributed by atoms with Crippen molar-refractivity contribution in [2.45, 2.75) is 131 Å². The van der Waals surface area contributed by atoms with E-state index in [4.69, 9.17) is 9.97 Å². The molecule has 0 aliphatic rings. The third-order valence-electron chi connectivity index (χ3n) is 15.9. The second-order valence-corrected chi connectivity index (χ2v) is 27.0. The van der Waals surface area contributed by atoms with E-state index in [9.17, 15) is 5.11 Å². The van der Waals surface area contributed by atoms with Crippen LogP contribution in [0.3, 0.4) is 0 Å². The van der Waals surface area contributed by atoms with Crippen molar-refractivity contribution in [2.24, 2.45) is 0 Å². The van der Waals surface area contributed by atoms with Crippen LogP contribution in [0.2, 0.25) is 0 Å². The molecule has 0 saturated heterocycles. The van der Waals surface area contributed by atoms with Gasteiger partial charge in [0.15, 0.2) is 0 Å². The Hall–Kier alpha value is -7.33. The van der Waals surface area contributed by atoms with Gasteiger partial charge in [-0.15, -0.1) is 29.3 Å². The van der Waals surface area contributed by atoms with Crippen LogP contribution in [0, 0.1) is 6.07 Å². The largest absolute Gasteiger partial charge is 0.507 e. The van der Waals surface area contributed by atoms with Gasteiger partial charge >= 0.3 is 0 Å². The number of rotatable bonds is 7. The zero-order chi connectivity index (χ0) is 56.1. The predicted octanol–water partition coefficient (Wildman–Crippen LogP) is 19.8. The number of hydrogen-bond donors (Lipinski definition) is 1. The molecule has 5 nitrogen and oxygen atoms in total. The van der Waals surface area contributed by atoms with Crippen LogP contribution in [0.25, 0.3) is 100 Å². The van der Waals surface area contributed by atoms with Gasteiger partial charge in [-0.3, -0.25) is 9.55 Å². The van der Waals surface area contributed by atoms with Crippen LogP contribution >= 0.6 is 0 Å². The van der Waals surface area contributed by atoms with E-state index in [-0.39, 0.29) is 53.9 Å². The summed E-state index contributed by atoms with van der Waals surface area (Å²) in [6.07, 6.45) is 1.93. The van der Waals surface area contributed by atoms with E-state index in [0.29, 0.717) is 11.4 Å². The van der Waals surface area contributed by atoms with Gasteiger partial charge in [0.25, 0.3) is 0 Å². The maximum absolute atomic E-state index is 11.5. The molecule has 0 atom stereocenters. The number of nitrogens with zero attached hydrogens (tertiary/aromatic N) is 4. The van der Waals surface area contributed by atoms with Gasteiger partial charge in [-0.1, -0.05) is 212 Å². The number of phenols is 1. The molecular formula is C74H75N4OPt-. The summed E-state index contributed by atoms with van der Waals surface area (Å²) < 4.78 is 4.67. The quantitative estimate of drug-likeness (QED) is 0.162. The van der Waals surface area contributed by atoms with E-state index < -0.39 is 0 Å². The number of imidazole rings is 1. The molecule has 0 unspecified atom stereocenters. The normalized spacial score (nSPS) is 12.6. The summed E-state index contributed by atoms with van der Waals surface area (Å²) in [6, 6.07) is 65.5. The Morgan fingerprint density at radius 2 is 0.912 bits per heavy atom. The SMILES string of the molecule is CC(C)(C)c1cc(-c2cc(-c3ccc4c5ccccc5n(-c5cccc(-c6cc(C(C)(C)C)cc(C(C)(C)C)c6)c5)c4c3)ccn2)[c-]c(-c2cccc3c2nc(-c2ccccc2O)n3-c2cc(C(C)(C)C)cc(C(C)(C)C)c2)c1.[Pt]. The van der Waals surface area contributed by atoms with Gasteiger partial charge in [-0.25, -0.2) is 4.98 Å². The Kier molecular flexibility index (Phi) is 14.2.